The summed E-state index contributed by atoms with van der Waals surface area (Å²) >= 11 is 0. The third kappa shape index (κ3) is 5.51. The van der Waals surface area contributed by atoms with Crippen LogP contribution in [-0.2, 0) is 4.79 Å². The number of carbonyl (C=O) groups is 1. The zero-order valence-corrected chi connectivity index (χ0v) is 16.4. The van der Waals surface area contributed by atoms with E-state index in [0.29, 0.717) is 11.7 Å². The van der Waals surface area contributed by atoms with E-state index in [1.807, 2.05) is 12.1 Å². The average Bonchev–Trinajstić information content (AvgIpc) is 3.24. The van der Waals surface area contributed by atoms with E-state index in [1.54, 1.807) is 18.7 Å². The smallest absolute Gasteiger partial charge is 0.244 e. The molecule has 2 aromatic rings. The molecule has 0 radical (unpaired) electrons. The first-order valence-corrected chi connectivity index (χ1v) is 10.1. The van der Waals surface area contributed by atoms with Gasteiger partial charge in [0.25, 0.3) is 0 Å². The molecule has 2 aromatic heterocycles. The van der Waals surface area contributed by atoms with Crippen molar-refractivity contribution in [3.05, 3.63) is 24.2 Å². The summed E-state index contributed by atoms with van der Waals surface area (Å²) in [5.74, 6) is 1.78. The van der Waals surface area contributed by atoms with Crippen molar-refractivity contribution in [3.63, 3.8) is 0 Å². The molecule has 3 rings (SSSR count). The Balaban J connectivity index is 1.65. The SMILES string of the molecule is CNc1ccc(-c2noc([C@H](CCCC3CCCCC3)CC(=O)NO)n2)cn1. The second kappa shape index (κ2) is 10.2. The zero-order valence-electron chi connectivity index (χ0n) is 16.4. The van der Waals surface area contributed by atoms with Crippen LogP contribution in [0, 0.1) is 5.92 Å². The second-order valence-electron chi connectivity index (χ2n) is 7.51. The lowest BCUT2D eigenvalue weighted by Crippen LogP contribution is -2.21. The van der Waals surface area contributed by atoms with Gasteiger partial charge in [-0.05, 0) is 24.5 Å². The van der Waals surface area contributed by atoms with Gasteiger partial charge in [0.1, 0.15) is 5.82 Å². The van der Waals surface area contributed by atoms with E-state index in [1.165, 1.54) is 32.1 Å². The molecule has 28 heavy (non-hydrogen) atoms. The minimum absolute atomic E-state index is 0.125. The van der Waals surface area contributed by atoms with Gasteiger partial charge in [0.2, 0.25) is 17.6 Å². The molecule has 0 aromatic carbocycles. The molecule has 1 atom stereocenters. The lowest BCUT2D eigenvalue weighted by molar-refractivity contribution is -0.129. The quantitative estimate of drug-likeness (QED) is 0.442. The summed E-state index contributed by atoms with van der Waals surface area (Å²) in [5, 5.41) is 15.9. The average molecular weight is 387 g/mol. The van der Waals surface area contributed by atoms with E-state index in [-0.39, 0.29) is 12.3 Å². The van der Waals surface area contributed by atoms with Crippen LogP contribution < -0.4 is 10.8 Å². The maximum absolute atomic E-state index is 11.7. The molecule has 3 N–H and O–H groups in total. The van der Waals surface area contributed by atoms with Gasteiger partial charge in [-0.3, -0.25) is 10.0 Å². The van der Waals surface area contributed by atoms with Gasteiger partial charge in [0.15, 0.2) is 0 Å². The summed E-state index contributed by atoms with van der Waals surface area (Å²) in [5.41, 5.74) is 2.46. The topological polar surface area (TPSA) is 113 Å². The van der Waals surface area contributed by atoms with Gasteiger partial charge in [-0.2, -0.15) is 4.98 Å². The molecule has 1 amide bonds. The normalized spacial score (nSPS) is 15.9. The fourth-order valence-corrected chi connectivity index (χ4v) is 3.90. The molecule has 0 saturated heterocycles. The van der Waals surface area contributed by atoms with Crippen molar-refractivity contribution in [3.8, 4) is 11.4 Å². The number of nitrogens with zero attached hydrogens (tertiary/aromatic N) is 3. The summed E-state index contributed by atoms with van der Waals surface area (Å²) < 4.78 is 5.46. The lowest BCUT2D eigenvalue weighted by Gasteiger charge is -2.22. The monoisotopic (exact) mass is 387 g/mol. The molecule has 1 fully saturated rings. The van der Waals surface area contributed by atoms with E-state index >= 15 is 0 Å². The molecule has 0 aliphatic heterocycles. The third-order valence-corrected chi connectivity index (χ3v) is 5.51. The van der Waals surface area contributed by atoms with Gasteiger partial charge < -0.3 is 9.84 Å². The van der Waals surface area contributed by atoms with Crippen LogP contribution in [0.1, 0.15) is 69.6 Å². The predicted octanol–water partition coefficient (Wildman–Crippen LogP) is 3.90. The minimum Gasteiger partial charge on any atom is -0.373 e. The highest BCUT2D eigenvalue weighted by Gasteiger charge is 2.23. The molecule has 1 saturated carbocycles. The van der Waals surface area contributed by atoms with Crippen molar-refractivity contribution in [2.24, 2.45) is 5.92 Å². The number of anilines is 1. The molecular formula is C20H29N5O3. The molecule has 1 aliphatic carbocycles. The first kappa shape index (κ1) is 20.3. The van der Waals surface area contributed by atoms with E-state index in [2.05, 4.69) is 20.4 Å². The number of hydrogen-bond acceptors (Lipinski definition) is 7. The van der Waals surface area contributed by atoms with Crippen LogP contribution in [0.3, 0.4) is 0 Å². The maximum Gasteiger partial charge on any atom is 0.244 e. The Bertz CT molecular complexity index is 741. The lowest BCUT2D eigenvalue weighted by atomic mass is 9.84. The second-order valence-corrected chi connectivity index (χ2v) is 7.51. The molecule has 152 valence electrons. The summed E-state index contributed by atoms with van der Waals surface area (Å²) in [6.07, 6.45) is 11.4. The Morgan fingerprint density at radius 3 is 2.82 bits per heavy atom. The van der Waals surface area contributed by atoms with Crippen LogP contribution >= 0.6 is 0 Å². The molecule has 8 heteroatoms. The Morgan fingerprint density at radius 1 is 1.32 bits per heavy atom. The minimum atomic E-state index is -0.442. The van der Waals surface area contributed by atoms with Crippen LogP contribution in [0.4, 0.5) is 5.82 Å². The van der Waals surface area contributed by atoms with Crippen LogP contribution in [0.25, 0.3) is 11.4 Å². The number of aromatic nitrogens is 3. The maximum atomic E-state index is 11.7. The Kier molecular flexibility index (Phi) is 7.36. The predicted molar refractivity (Wildman–Crippen MR) is 105 cm³/mol. The van der Waals surface area contributed by atoms with Gasteiger partial charge in [-0.15, -0.1) is 0 Å². The van der Waals surface area contributed by atoms with Crippen LogP contribution in [0.5, 0.6) is 0 Å². The number of carbonyl (C=O) groups excluding carboxylic acids is 1. The summed E-state index contributed by atoms with van der Waals surface area (Å²) in [7, 11) is 1.80. The van der Waals surface area contributed by atoms with Crippen molar-refractivity contribution in [2.75, 3.05) is 12.4 Å². The Morgan fingerprint density at radius 2 is 2.14 bits per heavy atom. The molecule has 0 spiro atoms. The highest BCUT2D eigenvalue weighted by Crippen LogP contribution is 2.31. The number of nitrogens with one attached hydrogen (secondary N) is 2. The Labute approximate surface area is 165 Å². The van der Waals surface area contributed by atoms with E-state index < -0.39 is 5.91 Å². The summed E-state index contributed by atoms with van der Waals surface area (Å²) in [6, 6.07) is 3.71. The van der Waals surface area contributed by atoms with E-state index in [4.69, 9.17) is 9.73 Å². The fourth-order valence-electron chi connectivity index (χ4n) is 3.90. The molecule has 1 aliphatic rings. The third-order valence-electron chi connectivity index (χ3n) is 5.51. The summed E-state index contributed by atoms with van der Waals surface area (Å²) in [6.45, 7) is 0. The van der Waals surface area contributed by atoms with Gasteiger partial charge in [-0.1, -0.05) is 50.1 Å². The van der Waals surface area contributed by atoms with Gasteiger partial charge in [0, 0.05) is 31.1 Å². The highest BCUT2D eigenvalue weighted by atomic mass is 16.5. The number of rotatable bonds is 9. The standard InChI is InChI=1S/C20H29N5O3/c1-21-17-11-10-16(13-22-17)19-23-20(28-25-19)15(12-18(26)24-27)9-5-8-14-6-3-2-4-7-14/h10-11,13-15,27H,2-9,12H2,1H3,(H,21,22)(H,24,26)/t15-/m1/s1. The number of hydroxylamine groups is 1. The fraction of sp³-hybridized carbons (Fsp3) is 0.600. The van der Waals surface area contributed by atoms with Crippen molar-refractivity contribution in [1.29, 1.82) is 0 Å². The number of pyridine rings is 1. The van der Waals surface area contributed by atoms with Gasteiger partial charge in [-0.25, -0.2) is 10.5 Å². The first-order valence-electron chi connectivity index (χ1n) is 10.1. The highest BCUT2D eigenvalue weighted by molar-refractivity contribution is 5.75. The molecule has 0 bridgehead atoms. The van der Waals surface area contributed by atoms with Gasteiger partial charge >= 0.3 is 0 Å². The summed E-state index contributed by atoms with van der Waals surface area (Å²) in [4.78, 5) is 20.5. The number of hydrogen-bond donors (Lipinski definition) is 3. The number of amides is 1. The van der Waals surface area contributed by atoms with Gasteiger partial charge in [0.05, 0.1) is 0 Å². The van der Waals surface area contributed by atoms with Crippen molar-refractivity contribution in [2.45, 2.75) is 63.7 Å². The van der Waals surface area contributed by atoms with E-state index in [0.717, 1.165) is 36.6 Å². The molecular weight excluding hydrogens is 358 g/mol. The van der Waals surface area contributed by atoms with Crippen LogP contribution in [-0.4, -0.2) is 33.3 Å². The molecule has 2 heterocycles. The van der Waals surface area contributed by atoms with Crippen LogP contribution in [0.2, 0.25) is 0 Å². The zero-order chi connectivity index (χ0) is 19.8. The largest absolute Gasteiger partial charge is 0.373 e. The van der Waals surface area contributed by atoms with E-state index in [9.17, 15) is 4.79 Å². The first-order chi connectivity index (χ1) is 13.7. The van der Waals surface area contributed by atoms with Crippen LogP contribution in [0.15, 0.2) is 22.9 Å². The van der Waals surface area contributed by atoms with Crippen molar-refractivity contribution < 1.29 is 14.5 Å². The van der Waals surface area contributed by atoms with Crippen molar-refractivity contribution >= 4 is 11.7 Å². The molecule has 8 nitrogen and oxygen atoms in total. The Hall–Kier alpha value is -2.48. The molecule has 0 unspecified atom stereocenters. The van der Waals surface area contributed by atoms with Crippen molar-refractivity contribution in [1.82, 2.24) is 20.6 Å².